The SMILES string of the molecule is N#Cc1ccc(NCCN2CCCC2)nc1. The van der Waals surface area contributed by atoms with E-state index in [9.17, 15) is 0 Å². The van der Waals surface area contributed by atoms with E-state index in [4.69, 9.17) is 5.26 Å². The quantitative estimate of drug-likeness (QED) is 0.828. The van der Waals surface area contributed by atoms with E-state index in [-0.39, 0.29) is 0 Å². The van der Waals surface area contributed by atoms with E-state index in [1.807, 2.05) is 6.07 Å². The summed E-state index contributed by atoms with van der Waals surface area (Å²) in [5, 5.41) is 11.9. The third-order valence-corrected chi connectivity index (χ3v) is 2.83. The zero-order valence-electron chi connectivity index (χ0n) is 9.32. The van der Waals surface area contributed by atoms with Crippen molar-refractivity contribution < 1.29 is 0 Å². The minimum absolute atomic E-state index is 0.602. The minimum Gasteiger partial charge on any atom is -0.369 e. The molecule has 0 spiro atoms. The van der Waals surface area contributed by atoms with Crippen LogP contribution < -0.4 is 5.32 Å². The van der Waals surface area contributed by atoms with Crippen LogP contribution in [0.1, 0.15) is 18.4 Å². The van der Waals surface area contributed by atoms with Crippen molar-refractivity contribution in [2.24, 2.45) is 0 Å². The summed E-state index contributed by atoms with van der Waals surface area (Å²) in [6, 6.07) is 5.69. The highest BCUT2D eigenvalue weighted by atomic mass is 15.2. The standard InChI is InChI=1S/C12H16N4/c13-9-11-3-4-12(15-10-11)14-5-8-16-6-1-2-7-16/h3-4,10H,1-2,5-8H2,(H,14,15). The topological polar surface area (TPSA) is 52.0 Å². The van der Waals surface area contributed by atoms with Gasteiger partial charge < -0.3 is 10.2 Å². The second-order valence-corrected chi connectivity index (χ2v) is 4.02. The molecule has 16 heavy (non-hydrogen) atoms. The molecule has 0 bridgehead atoms. The molecule has 1 saturated heterocycles. The summed E-state index contributed by atoms with van der Waals surface area (Å²) in [4.78, 5) is 6.62. The molecule has 1 aliphatic rings. The number of hydrogen-bond acceptors (Lipinski definition) is 4. The molecule has 0 aromatic carbocycles. The monoisotopic (exact) mass is 216 g/mol. The van der Waals surface area contributed by atoms with Crippen LogP contribution in [0, 0.1) is 11.3 Å². The molecule has 4 nitrogen and oxygen atoms in total. The molecule has 1 aromatic rings. The minimum atomic E-state index is 0.602. The molecule has 1 fully saturated rings. The van der Waals surface area contributed by atoms with Crippen LogP contribution in [0.25, 0.3) is 0 Å². The maximum Gasteiger partial charge on any atom is 0.126 e. The van der Waals surface area contributed by atoms with Crippen LogP contribution in [0.5, 0.6) is 0 Å². The molecule has 2 heterocycles. The Bertz CT molecular complexity index is 360. The third-order valence-electron chi connectivity index (χ3n) is 2.83. The lowest BCUT2D eigenvalue weighted by molar-refractivity contribution is 0.352. The van der Waals surface area contributed by atoms with E-state index in [1.54, 1.807) is 12.3 Å². The number of anilines is 1. The van der Waals surface area contributed by atoms with Crippen LogP contribution in [-0.4, -0.2) is 36.1 Å². The van der Waals surface area contributed by atoms with Crippen LogP contribution in [0.3, 0.4) is 0 Å². The molecule has 1 aliphatic heterocycles. The summed E-state index contributed by atoms with van der Waals surface area (Å²) in [6.45, 7) is 4.44. The number of pyridine rings is 1. The molecule has 0 atom stereocenters. The molecule has 0 aliphatic carbocycles. The van der Waals surface area contributed by atoms with E-state index in [0.717, 1.165) is 18.9 Å². The van der Waals surface area contributed by atoms with Crippen LogP contribution in [-0.2, 0) is 0 Å². The van der Waals surface area contributed by atoms with Crippen LogP contribution in [0.2, 0.25) is 0 Å². The Morgan fingerprint density at radius 3 is 2.81 bits per heavy atom. The fourth-order valence-corrected chi connectivity index (χ4v) is 1.91. The van der Waals surface area contributed by atoms with Crippen molar-refractivity contribution in [3.05, 3.63) is 23.9 Å². The number of nitrogens with one attached hydrogen (secondary N) is 1. The van der Waals surface area contributed by atoms with Gasteiger partial charge >= 0.3 is 0 Å². The Kier molecular flexibility index (Phi) is 3.73. The van der Waals surface area contributed by atoms with Gasteiger partial charge in [-0.2, -0.15) is 5.26 Å². The van der Waals surface area contributed by atoms with Gasteiger partial charge in [-0.1, -0.05) is 0 Å². The average Bonchev–Trinajstić information content (AvgIpc) is 2.83. The summed E-state index contributed by atoms with van der Waals surface area (Å²) in [5.41, 5.74) is 0.602. The number of nitriles is 1. The summed E-state index contributed by atoms with van der Waals surface area (Å²) in [6.07, 6.45) is 4.25. The molecule has 84 valence electrons. The van der Waals surface area contributed by atoms with Crippen molar-refractivity contribution >= 4 is 5.82 Å². The predicted molar refractivity (Wildman–Crippen MR) is 63.1 cm³/mol. The van der Waals surface area contributed by atoms with Gasteiger partial charge in [-0.25, -0.2) is 4.98 Å². The Labute approximate surface area is 95.9 Å². The van der Waals surface area contributed by atoms with Crippen molar-refractivity contribution in [1.82, 2.24) is 9.88 Å². The Morgan fingerprint density at radius 1 is 1.38 bits per heavy atom. The Balaban J connectivity index is 1.74. The highest BCUT2D eigenvalue weighted by Gasteiger charge is 2.10. The first-order valence-corrected chi connectivity index (χ1v) is 5.71. The van der Waals surface area contributed by atoms with E-state index in [0.29, 0.717) is 5.56 Å². The first kappa shape index (κ1) is 10.9. The van der Waals surface area contributed by atoms with Crippen molar-refractivity contribution in [1.29, 1.82) is 5.26 Å². The van der Waals surface area contributed by atoms with E-state index in [2.05, 4.69) is 21.3 Å². The molecule has 0 amide bonds. The fourth-order valence-electron chi connectivity index (χ4n) is 1.91. The van der Waals surface area contributed by atoms with E-state index in [1.165, 1.54) is 25.9 Å². The molecule has 0 saturated carbocycles. The second kappa shape index (κ2) is 5.47. The number of aromatic nitrogens is 1. The third kappa shape index (κ3) is 2.94. The lowest BCUT2D eigenvalue weighted by Crippen LogP contribution is -2.26. The number of hydrogen-bond donors (Lipinski definition) is 1. The van der Waals surface area contributed by atoms with Gasteiger partial charge in [0.25, 0.3) is 0 Å². The molecule has 0 radical (unpaired) electrons. The van der Waals surface area contributed by atoms with Gasteiger partial charge in [-0.15, -0.1) is 0 Å². The Hall–Kier alpha value is -1.60. The highest BCUT2D eigenvalue weighted by molar-refractivity contribution is 5.38. The van der Waals surface area contributed by atoms with Gasteiger partial charge in [-0.3, -0.25) is 0 Å². The average molecular weight is 216 g/mol. The number of likely N-dealkylation sites (tertiary alicyclic amines) is 1. The van der Waals surface area contributed by atoms with Crippen LogP contribution in [0.15, 0.2) is 18.3 Å². The molecule has 2 rings (SSSR count). The largest absolute Gasteiger partial charge is 0.369 e. The van der Waals surface area contributed by atoms with Crippen molar-refractivity contribution in [3.63, 3.8) is 0 Å². The fraction of sp³-hybridized carbons (Fsp3) is 0.500. The van der Waals surface area contributed by atoms with Crippen LogP contribution in [0.4, 0.5) is 5.82 Å². The van der Waals surface area contributed by atoms with E-state index < -0.39 is 0 Å². The molecule has 4 heteroatoms. The van der Waals surface area contributed by atoms with Crippen LogP contribution >= 0.6 is 0 Å². The normalized spacial score (nSPS) is 15.9. The zero-order chi connectivity index (χ0) is 11.2. The smallest absolute Gasteiger partial charge is 0.126 e. The summed E-state index contributed by atoms with van der Waals surface area (Å²) >= 11 is 0. The predicted octanol–water partition coefficient (Wildman–Crippen LogP) is 1.46. The lowest BCUT2D eigenvalue weighted by Gasteiger charge is -2.14. The second-order valence-electron chi connectivity index (χ2n) is 4.02. The zero-order valence-corrected chi connectivity index (χ0v) is 9.32. The van der Waals surface area contributed by atoms with E-state index >= 15 is 0 Å². The molecular weight excluding hydrogens is 200 g/mol. The molecule has 0 unspecified atom stereocenters. The summed E-state index contributed by atoms with van der Waals surface area (Å²) < 4.78 is 0. The van der Waals surface area contributed by atoms with Gasteiger partial charge in [0.2, 0.25) is 0 Å². The maximum atomic E-state index is 8.63. The van der Waals surface area contributed by atoms with Gasteiger partial charge in [0.1, 0.15) is 11.9 Å². The first-order valence-electron chi connectivity index (χ1n) is 5.71. The number of rotatable bonds is 4. The van der Waals surface area contributed by atoms with Gasteiger partial charge in [-0.05, 0) is 38.1 Å². The lowest BCUT2D eigenvalue weighted by atomic mass is 10.3. The molecular formula is C12H16N4. The van der Waals surface area contributed by atoms with Gasteiger partial charge in [0.05, 0.1) is 5.56 Å². The van der Waals surface area contributed by atoms with Crippen molar-refractivity contribution in [3.8, 4) is 6.07 Å². The van der Waals surface area contributed by atoms with Crippen molar-refractivity contribution in [2.75, 3.05) is 31.5 Å². The number of nitrogens with zero attached hydrogens (tertiary/aromatic N) is 3. The van der Waals surface area contributed by atoms with Crippen molar-refractivity contribution in [2.45, 2.75) is 12.8 Å². The first-order chi connectivity index (χ1) is 7.88. The maximum absolute atomic E-state index is 8.63. The summed E-state index contributed by atoms with van der Waals surface area (Å²) in [7, 11) is 0. The summed E-state index contributed by atoms with van der Waals surface area (Å²) in [5.74, 6) is 0.846. The van der Waals surface area contributed by atoms with Gasteiger partial charge in [0.15, 0.2) is 0 Å². The highest BCUT2D eigenvalue weighted by Crippen LogP contribution is 2.07. The Morgan fingerprint density at radius 2 is 2.19 bits per heavy atom. The van der Waals surface area contributed by atoms with Gasteiger partial charge in [0, 0.05) is 19.3 Å². The molecule has 1 aromatic heterocycles. The molecule has 1 N–H and O–H groups in total.